The smallest absolute Gasteiger partial charge is 0.380 e. The molecule has 0 aliphatic heterocycles. The monoisotopic (exact) mass is 309 g/mol. The fourth-order valence-electron chi connectivity index (χ4n) is 1.47. The van der Waals surface area contributed by atoms with Crippen LogP contribution in [-0.2, 0) is 10.9 Å². The Morgan fingerprint density at radius 2 is 2.05 bits per heavy atom. The summed E-state index contributed by atoms with van der Waals surface area (Å²) in [6.07, 6.45) is -3.88. The van der Waals surface area contributed by atoms with E-state index < -0.39 is 17.6 Å². The third kappa shape index (κ3) is 5.79. The number of hydrogen-bond donors (Lipinski definition) is 1. The Morgan fingerprint density at radius 3 is 2.70 bits per heavy atom. The number of hydrogen-bond acceptors (Lipinski definition) is 2. The number of alkyl halides is 4. The molecule has 0 bridgehead atoms. The van der Waals surface area contributed by atoms with Gasteiger partial charge >= 0.3 is 6.18 Å². The molecule has 0 heterocycles. The van der Waals surface area contributed by atoms with E-state index in [-0.39, 0.29) is 5.56 Å². The van der Waals surface area contributed by atoms with Crippen molar-refractivity contribution in [2.45, 2.75) is 12.6 Å². The van der Waals surface area contributed by atoms with Crippen molar-refractivity contribution in [3.8, 4) is 0 Å². The van der Waals surface area contributed by atoms with Gasteiger partial charge in [-0.05, 0) is 24.6 Å². The Balaban J connectivity index is 2.44. The largest absolute Gasteiger partial charge is 0.416 e. The van der Waals surface area contributed by atoms with Crippen LogP contribution in [0.4, 0.5) is 13.2 Å². The van der Waals surface area contributed by atoms with E-state index in [1.807, 2.05) is 0 Å². The van der Waals surface area contributed by atoms with Crippen LogP contribution in [-0.4, -0.2) is 31.5 Å². The molecule has 0 spiro atoms. The van der Waals surface area contributed by atoms with E-state index in [2.05, 4.69) is 5.32 Å². The van der Waals surface area contributed by atoms with Crippen LogP contribution >= 0.6 is 11.6 Å². The van der Waals surface area contributed by atoms with Crippen molar-refractivity contribution in [2.24, 2.45) is 0 Å². The Hall–Kier alpha value is -1.27. The van der Waals surface area contributed by atoms with E-state index in [1.165, 1.54) is 12.1 Å². The maximum atomic E-state index is 12.5. The van der Waals surface area contributed by atoms with E-state index >= 15 is 0 Å². The lowest BCUT2D eigenvalue weighted by Gasteiger charge is -2.09. The lowest BCUT2D eigenvalue weighted by atomic mass is 10.1. The van der Waals surface area contributed by atoms with Crippen LogP contribution in [0, 0.1) is 0 Å². The third-order valence-electron chi connectivity index (χ3n) is 2.42. The highest BCUT2D eigenvalue weighted by atomic mass is 35.5. The molecule has 7 heteroatoms. The average molecular weight is 310 g/mol. The molecule has 0 aliphatic rings. The highest BCUT2D eigenvalue weighted by molar-refractivity contribution is 6.17. The summed E-state index contributed by atoms with van der Waals surface area (Å²) in [6.45, 7) is 1.20. The Morgan fingerprint density at radius 1 is 1.30 bits per heavy atom. The molecule has 112 valence electrons. The van der Waals surface area contributed by atoms with Gasteiger partial charge in [0.2, 0.25) is 0 Å². The zero-order chi connectivity index (χ0) is 15.0. The summed E-state index contributed by atoms with van der Waals surface area (Å²) in [5, 5.41) is 2.54. The van der Waals surface area contributed by atoms with Crippen LogP contribution < -0.4 is 5.32 Å². The topological polar surface area (TPSA) is 38.3 Å². The fourth-order valence-corrected chi connectivity index (χ4v) is 1.58. The molecule has 0 saturated carbocycles. The molecule has 3 nitrogen and oxygen atoms in total. The van der Waals surface area contributed by atoms with Crippen molar-refractivity contribution in [1.82, 2.24) is 5.32 Å². The van der Waals surface area contributed by atoms with Gasteiger partial charge in [-0.25, -0.2) is 0 Å². The number of carbonyl (C=O) groups is 1. The van der Waals surface area contributed by atoms with Crippen molar-refractivity contribution in [3.63, 3.8) is 0 Å². The first-order chi connectivity index (χ1) is 9.45. The summed E-state index contributed by atoms with van der Waals surface area (Å²) in [5.41, 5.74) is -0.850. The maximum Gasteiger partial charge on any atom is 0.416 e. The highest BCUT2D eigenvalue weighted by Crippen LogP contribution is 2.29. The molecule has 1 N–H and O–H groups in total. The normalized spacial score (nSPS) is 11.4. The standard InChI is InChI=1S/C13H15ClF3NO2/c14-5-8-20-7-2-6-18-12(19)10-3-1-4-11(9-10)13(15,16)17/h1,3-4,9H,2,5-8H2,(H,18,19). The van der Waals surface area contributed by atoms with Crippen LogP contribution in [0.2, 0.25) is 0 Å². The van der Waals surface area contributed by atoms with Gasteiger partial charge in [0.25, 0.3) is 5.91 Å². The minimum Gasteiger partial charge on any atom is -0.380 e. The minimum atomic E-state index is -4.45. The van der Waals surface area contributed by atoms with Crippen LogP contribution in [0.25, 0.3) is 0 Å². The fraction of sp³-hybridized carbons (Fsp3) is 0.462. The van der Waals surface area contributed by atoms with E-state index in [0.717, 1.165) is 12.1 Å². The number of rotatable bonds is 7. The van der Waals surface area contributed by atoms with Crippen molar-refractivity contribution in [2.75, 3.05) is 25.6 Å². The van der Waals surface area contributed by atoms with E-state index in [4.69, 9.17) is 16.3 Å². The third-order valence-corrected chi connectivity index (χ3v) is 2.58. The lowest BCUT2D eigenvalue weighted by molar-refractivity contribution is -0.137. The molecule has 0 atom stereocenters. The van der Waals surface area contributed by atoms with Crippen LogP contribution in [0.5, 0.6) is 0 Å². The van der Waals surface area contributed by atoms with Gasteiger partial charge < -0.3 is 10.1 Å². The van der Waals surface area contributed by atoms with Gasteiger partial charge in [0, 0.05) is 24.6 Å². The summed E-state index contributed by atoms with van der Waals surface area (Å²) in [7, 11) is 0. The molecule has 1 rings (SSSR count). The number of nitrogens with one attached hydrogen (secondary N) is 1. The molecule has 0 radical (unpaired) electrons. The van der Waals surface area contributed by atoms with Gasteiger partial charge in [0.05, 0.1) is 12.2 Å². The van der Waals surface area contributed by atoms with Crippen LogP contribution in [0.3, 0.4) is 0 Å². The Labute approximate surface area is 120 Å². The molecular formula is C13H15ClF3NO2. The molecule has 0 fully saturated rings. The summed E-state index contributed by atoms with van der Waals surface area (Å²) in [5.74, 6) is -0.134. The van der Waals surface area contributed by atoms with Gasteiger partial charge in [0.1, 0.15) is 0 Å². The predicted molar refractivity (Wildman–Crippen MR) is 69.9 cm³/mol. The molecule has 1 amide bonds. The lowest BCUT2D eigenvalue weighted by Crippen LogP contribution is -2.25. The number of benzene rings is 1. The first kappa shape index (κ1) is 16.8. The first-order valence-electron chi connectivity index (χ1n) is 6.04. The second kappa shape index (κ2) is 8.11. The van der Waals surface area contributed by atoms with Gasteiger partial charge in [0.15, 0.2) is 0 Å². The zero-order valence-corrected chi connectivity index (χ0v) is 11.4. The van der Waals surface area contributed by atoms with Crippen LogP contribution in [0.15, 0.2) is 24.3 Å². The predicted octanol–water partition coefficient (Wildman–Crippen LogP) is 3.08. The van der Waals surface area contributed by atoms with Gasteiger partial charge in [-0.2, -0.15) is 13.2 Å². The Kier molecular flexibility index (Phi) is 6.81. The molecule has 1 aromatic carbocycles. The second-order valence-corrected chi connectivity index (χ2v) is 4.37. The van der Waals surface area contributed by atoms with E-state index in [0.29, 0.717) is 32.1 Å². The minimum absolute atomic E-state index is 0.0125. The van der Waals surface area contributed by atoms with Gasteiger partial charge in [-0.15, -0.1) is 11.6 Å². The molecule has 0 aromatic heterocycles. The molecule has 0 unspecified atom stereocenters. The summed E-state index contributed by atoms with van der Waals surface area (Å²) in [6, 6.07) is 4.31. The maximum absolute atomic E-state index is 12.5. The summed E-state index contributed by atoms with van der Waals surface area (Å²) >= 11 is 5.41. The van der Waals surface area contributed by atoms with E-state index in [1.54, 1.807) is 0 Å². The van der Waals surface area contributed by atoms with Gasteiger partial charge in [-0.1, -0.05) is 6.07 Å². The number of carbonyl (C=O) groups excluding carboxylic acids is 1. The quantitative estimate of drug-likeness (QED) is 0.621. The van der Waals surface area contributed by atoms with Crippen molar-refractivity contribution in [3.05, 3.63) is 35.4 Å². The highest BCUT2D eigenvalue weighted by Gasteiger charge is 2.30. The van der Waals surface area contributed by atoms with Crippen LogP contribution in [0.1, 0.15) is 22.3 Å². The number of halogens is 4. The summed E-state index contributed by atoms with van der Waals surface area (Å²) in [4.78, 5) is 11.7. The molecule has 1 aromatic rings. The zero-order valence-electron chi connectivity index (χ0n) is 10.7. The molecule has 0 saturated heterocycles. The molecular weight excluding hydrogens is 295 g/mol. The van der Waals surface area contributed by atoms with Gasteiger partial charge in [-0.3, -0.25) is 4.79 Å². The molecule has 0 aliphatic carbocycles. The SMILES string of the molecule is O=C(NCCCOCCCl)c1cccc(C(F)(F)F)c1. The Bertz CT molecular complexity index is 438. The second-order valence-electron chi connectivity index (χ2n) is 3.99. The molecule has 20 heavy (non-hydrogen) atoms. The summed E-state index contributed by atoms with van der Waals surface area (Å²) < 4.78 is 42.6. The number of amides is 1. The first-order valence-corrected chi connectivity index (χ1v) is 6.58. The van der Waals surface area contributed by atoms with E-state index in [9.17, 15) is 18.0 Å². The van der Waals surface area contributed by atoms with Crippen molar-refractivity contribution < 1.29 is 22.7 Å². The average Bonchev–Trinajstić information content (AvgIpc) is 2.41. The van der Waals surface area contributed by atoms with Crippen molar-refractivity contribution >= 4 is 17.5 Å². The number of ether oxygens (including phenoxy) is 1. The van der Waals surface area contributed by atoms with Crippen molar-refractivity contribution in [1.29, 1.82) is 0 Å².